The van der Waals surface area contributed by atoms with E-state index in [0.717, 1.165) is 29.4 Å². The van der Waals surface area contributed by atoms with Gasteiger partial charge in [0.25, 0.3) is 0 Å². The predicted molar refractivity (Wildman–Crippen MR) is 73.4 cm³/mol. The Hall–Kier alpha value is -1.82. The molecule has 0 saturated carbocycles. The second-order valence-electron chi connectivity index (χ2n) is 3.75. The van der Waals surface area contributed by atoms with Gasteiger partial charge in [-0.15, -0.1) is 11.3 Å². The van der Waals surface area contributed by atoms with Crippen molar-refractivity contribution >= 4 is 17.3 Å². The molecule has 5 nitrogen and oxygen atoms in total. The summed E-state index contributed by atoms with van der Waals surface area (Å²) < 4.78 is 5.29. The Bertz CT molecular complexity index is 504. The third kappa shape index (κ3) is 3.33. The molecule has 2 aromatic rings. The smallest absolute Gasteiger partial charge is 0.188 e. The first-order chi connectivity index (χ1) is 8.79. The Labute approximate surface area is 110 Å². The second-order valence-corrected chi connectivity index (χ2v) is 4.61. The molecule has 0 aliphatic rings. The van der Waals surface area contributed by atoms with E-state index in [1.165, 1.54) is 0 Å². The van der Waals surface area contributed by atoms with Crippen LogP contribution in [-0.2, 0) is 6.54 Å². The maximum atomic E-state index is 5.70. The van der Waals surface area contributed by atoms with E-state index in [9.17, 15) is 0 Å². The van der Waals surface area contributed by atoms with Gasteiger partial charge in [0.2, 0.25) is 0 Å². The number of furan rings is 1. The molecule has 0 radical (unpaired) electrons. The minimum Gasteiger partial charge on any atom is -0.462 e. The van der Waals surface area contributed by atoms with Crippen LogP contribution in [0.1, 0.15) is 19.0 Å². The number of nitrogens with two attached hydrogens (primary N) is 1. The fourth-order valence-electron chi connectivity index (χ4n) is 1.37. The first-order valence-corrected chi connectivity index (χ1v) is 6.69. The van der Waals surface area contributed by atoms with Crippen LogP contribution in [0.3, 0.4) is 0 Å². The monoisotopic (exact) mass is 264 g/mol. The number of aromatic nitrogens is 1. The first kappa shape index (κ1) is 12.6. The summed E-state index contributed by atoms with van der Waals surface area (Å²) in [5, 5.41) is 5.85. The number of aliphatic imine (C=N–C) groups is 1. The average molecular weight is 264 g/mol. The fourth-order valence-corrected chi connectivity index (χ4v) is 2.15. The lowest BCUT2D eigenvalue weighted by molar-refractivity contribution is 0.581. The molecule has 6 heteroatoms. The molecular formula is C12H16N4OS. The van der Waals surface area contributed by atoms with Crippen LogP contribution in [0.25, 0.3) is 10.8 Å². The van der Waals surface area contributed by atoms with Crippen LogP contribution in [0.15, 0.2) is 33.2 Å². The summed E-state index contributed by atoms with van der Waals surface area (Å²) in [6.07, 6.45) is 2.66. The Balaban J connectivity index is 1.95. The van der Waals surface area contributed by atoms with E-state index < -0.39 is 0 Å². The molecule has 2 heterocycles. The number of nitrogens with one attached hydrogen (secondary N) is 1. The molecule has 0 aliphatic heterocycles. The van der Waals surface area contributed by atoms with Gasteiger partial charge in [-0.25, -0.2) is 9.98 Å². The molecule has 0 bridgehead atoms. The molecule has 0 fully saturated rings. The Morgan fingerprint density at radius 2 is 2.50 bits per heavy atom. The lowest BCUT2D eigenvalue weighted by Gasteiger charge is -2.01. The van der Waals surface area contributed by atoms with Crippen LogP contribution in [0.2, 0.25) is 0 Å². The highest BCUT2D eigenvalue weighted by atomic mass is 32.1. The molecule has 2 aromatic heterocycles. The Morgan fingerprint density at radius 1 is 1.61 bits per heavy atom. The minimum atomic E-state index is 0.462. The quantitative estimate of drug-likeness (QED) is 0.641. The Kier molecular flexibility index (Phi) is 4.35. The Morgan fingerprint density at radius 3 is 3.22 bits per heavy atom. The SMILES string of the molecule is CCCNC(N)=NCc1csc(-c2ccco2)n1. The largest absolute Gasteiger partial charge is 0.462 e. The number of hydrogen-bond donors (Lipinski definition) is 2. The molecule has 0 saturated heterocycles. The van der Waals surface area contributed by atoms with Gasteiger partial charge in [-0.05, 0) is 18.6 Å². The van der Waals surface area contributed by atoms with E-state index in [4.69, 9.17) is 10.2 Å². The highest BCUT2D eigenvalue weighted by Gasteiger charge is 2.06. The van der Waals surface area contributed by atoms with Crippen molar-refractivity contribution in [1.82, 2.24) is 10.3 Å². The number of thiazole rings is 1. The van der Waals surface area contributed by atoms with E-state index >= 15 is 0 Å². The normalized spacial score (nSPS) is 11.7. The molecule has 0 aliphatic carbocycles. The van der Waals surface area contributed by atoms with Crippen molar-refractivity contribution in [2.24, 2.45) is 10.7 Å². The summed E-state index contributed by atoms with van der Waals surface area (Å²) in [6.45, 7) is 3.40. The number of rotatable bonds is 5. The molecular weight excluding hydrogens is 248 g/mol. The summed E-state index contributed by atoms with van der Waals surface area (Å²) in [5.41, 5.74) is 6.60. The van der Waals surface area contributed by atoms with E-state index in [1.54, 1.807) is 17.6 Å². The van der Waals surface area contributed by atoms with Crippen LogP contribution in [0.4, 0.5) is 0 Å². The van der Waals surface area contributed by atoms with Crippen LogP contribution in [-0.4, -0.2) is 17.5 Å². The molecule has 3 N–H and O–H groups in total. The molecule has 0 spiro atoms. The molecule has 18 heavy (non-hydrogen) atoms. The maximum absolute atomic E-state index is 5.70. The van der Waals surface area contributed by atoms with Crippen LogP contribution < -0.4 is 11.1 Å². The summed E-state index contributed by atoms with van der Waals surface area (Å²) in [7, 11) is 0. The lowest BCUT2D eigenvalue weighted by Crippen LogP contribution is -2.32. The van der Waals surface area contributed by atoms with Crippen LogP contribution >= 0.6 is 11.3 Å². The number of nitrogens with zero attached hydrogens (tertiary/aromatic N) is 2. The summed E-state index contributed by atoms with van der Waals surface area (Å²) in [5.74, 6) is 1.25. The van der Waals surface area contributed by atoms with Crippen LogP contribution in [0.5, 0.6) is 0 Å². The number of hydrogen-bond acceptors (Lipinski definition) is 4. The van der Waals surface area contributed by atoms with Crippen molar-refractivity contribution in [1.29, 1.82) is 0 Å². The molecule has 2 rings (SSSR count). The van der Waals surface area contributed by atoms with Gasteiger partial charge in [-0.2, -0.15) is 0 Å². The van der Waals surface area contributed by atoms with Gasteiger partial charge in [0.1, 0.15) is 0 Å². The van der Waals surface area contributed by atoms with Crippen LogP contribution in [0, 0.1) is 0 Å². The van der Waals surface area contributed by atoms with Gasteiger partial charge >= 0.3 is 0 Å². The van der Waals surface area contributed by atoms with Gasteiger partial charge in [-0.1, -0.05) is 6.92 Å². The van der Waals surface area contributed by atoms with Crippen molar-refractivity contribution < 1.29 is 4.42 Å². The van der Waals surface area contributed by atoms with E-state index in [-0.39, 0.29) is 0 Å². The van der Waals surface area contributed by atoms with Gasteiger partial charge < -0.3 is 15.5 Å². The standard InChI is InChI=1S/C12H16N4OS/c1-2-5-14-12(13)15-7-9-8-18-11(16-9)10-4-3-6-17-10/h3-4,6,8H,2,5,7H2,1H3,(H3,13,14,15). The number of guanidine groups is 1. The van der Waals surface area contributed by atoms with Crippen molar-refractivity contribution in [3.63, 3.8) is 0 Å². The minimum absolute atomic E-state index is 0.462. The van der Waals surface area contributed by atoms with Gasteiger partial charge in [-0.3, -0.25) is 0 Å². The molecule has 96 valence electrons. The van der Waals surface area contributed by atoms with E-state index in [0.29, 0.717) is 12.5 Å². The third-order valence-electron chi connectivity index (χ3n) is 2.25. The predicted octanol–water partition coefficient (Wildman–Crippen LogP) is 2.22. The lowest BCUT2D eigenvalue weighted by atomic mass is 10.4. The third-order valence-corrected chi connectivity index (χ3v) is 3.16. The van der Waals surface area contributed by atoms with Gasteiger partial charge in [0.05, 0.1) is 18.5 Å². The zero-order chi connectivity index (χ0) is 12.8. The second kappa shape index (κ2) is 6.20. The fraction of sp³-hybridized carbons (Fsp3) is 0.333. The van der Waals surface area contributed by atoms with Crippen molar-refractivity contribution in [2.45, 2.75) is 19.9 Å². The zero-order valence-corrected chi connectivity index (χ0v) is 11.0. The van der Waals surface area contributed by atoms with E-state index in [2.05, 4.69) is 22.2 Å². The average Bonchev–Trinajstić information content (AvgIpc) is 3.03. The van der Waals surface area contributed by atoms with Crippen molar-refractivity contribution in [2.75, 3.05) is 6.54 Å². The molecule has 0 amide bonds. The zero-order valence-electron chi connectivity index (χ0n) is 10.2. The van der Waals surface area contributed by atoms with Gasteiger partial charge in [0.15, 0.2) is 16.7 Å². The highest BCUT2D eigenvalue weighted by Crippen LogP contribution is 2.24. The molecule has 0 aromatic carbocycles. The summed E-state index contributed by atoms with van der Waals surface area (Å²) >= 11 is 1.54. The summed E-state index contributed by atoms with van der Waals surface area (Å²) in [4.78, 5) is 8.66. The molecule has 0 unspecified atom stereocenters. The van der Waals surface area contributed by atoms with Gasteiger partial charge in [0, 0.05) is 11.9 Å². The summed E-state index contributed by atoms with van der Waals surface area (Å²) in [6, 6.07) is 3.74. The maximum Gasteiger partial charge on any atom is 0.188 e. The first-order valence-electron chi connectivity index (χ1n) is 5.81. The van der Waals surface area contributed by atoms with Crippen molar-refractivity contribution in [3.8, 4) is 10.8 Å². The topological polar surface area (TPSA) is 76.4 Å². The van der Waals surface area contributed by atoms with E-state index in [1.807, 2.05) is 17.5 Å². The molecule has 0 atom stereocenters. The van der Waals surface area contributed by atoms with Crippen molar-refractivity contribution in [3.05, 3.63) is 29.5 Å². The highest BCUT2D eigenvalue weighted by molar-refractivity contribution is 7.13.